The van der Waals surface area contributed by atoms with Crippen LogP contribution >= 0.6 is 12.2 Å². The van der Waals surface area contributed by atoms with Crippen molar-refractivity contribution in [1.29, 1.82) is 0 Å². The number of rotatable bonds is 5. The SMILES string of the molecule is C[C@H]1CCCC[NH+]1CCCNC(=S)Nc1ccccc1F. The summed E-state index contributed by atoms with van der Waals surface area (Å²) in [6.45, 7) is 5.64. The van der Waals surface area contributed by atoms with Gasteiger partial charge in [0.25, 0.3) is 0 Å². The van der Waals surface area contributed by atoms with Gasteiger partial charge < -0.3 is 15.5 Å². The molecule has 1 aliphatic heterocycles. The normalized spacial score (nSPS) is 21.8. The van der Waals surface area contributed by atoms with Gasteiger partial charge >= 0.3 is 0 Å². The highest BCUT2D eigenvalue weighted by Crippen LogP contribution is 2.11. The summed E-state index contributed by atoms with van der Waals surface area (Å²) in [4.78, 5) is 1.70. The molecule has 1 aromatic carbocycles. The molecule has 1 fully saturated rings. The van der Waals surface area contributed by atoms with Crippen molar-refractivity contribution in [2.75, 3.05) is 25.0 Å². The number of para-hydroxylation sites is 1. The van der Waals surface area contributed by atoms with Crippen molar-refractivity contribution < 1.29 is 9.29 Å². The second-order valence-corrected chi connectivity index (χ2v) is 6.18. The molecule has 0 radical (unpaired) electrons. The van der Waals surface area contributed by atoms with Gasteiger partial charge in [-0.15, -0.1) is 0 Å². The first-order valence-corrected chi connectivity index (χ1v) is 8.21. The molecule has 1 saturated heterocycles. The molecule has 0 saturated carbocycles. The monoisotopic (exact) mass is 310 g/mol. The van der Waals surface area contributed by atoms with Gasteiger partial charge in [-0.05, 0) is 50.5 Å². The summed E-state index contributed by atoms with van der Waals surface area (Å²) in [7, 11) is 0. The van der Waals surface area contributed by atoms with Crippen molar-refractivity contribution in [3.63, 3.8) is 0 Å². The molecule has 0 spiro atoms. The molecule has 2 atom stereocenters. The van der Waals surface area contributed by atoms with E-state index in [0.717, 1.165) is 19.0 Å². The third-order valence-corrected chi connectivity index (χ3v) is 4.41. The number of halogens is 1. The first kappa shape index (κ1) is 16.2. The van der Waals surface area contributed by atoms with Crippen LogP contribution < -0.4 is 15.5 Å². The summed E-state index contributed by atoms with van der Waals surface area (Å²) in [5.41, 5.74) is 0.422. The highest BCUT2D eigenvalue weighted by atomic mass is 32.1. The molecule has 1 heterocycles. The Labute approximate surface area is 131 Å². The lowest BCUT2D eigenvalue weighted by Gasteiger charge is -2.30. The first-order chi connectivity index (χ1) is 10.2. The van der Waals surface area contributed by atoms with Crippen LogP contribution in [0.3, 0.4) is 0 Å². The van der Waals surface area contributed by atoms with E-state index in [1.807, 2.05) is 0 Å². The van der Waals surface area contributed by atoms with E-state index in [4.69, 9.17) is 12.2 Å². The number of hydrogen-bond donors (Lipinski definition) is 3. The van der Waals surface area contributed by atoms with Crippen molar-refractivity contribution in [3.05, 3.63) is 30.1 Å². The Kier molecular flexibility index (Phi) is 6.39. The molecule has 0 bridgehead atoms. The minimum absolute atomic E-state index is 0.284. The van der Waals surface area contributed by atoms with Crippen LogP contribution in [-0.2, 0) is 0 Å². The molecule has 3 N–H and O–H groups in total. The third-order valence-electron chi connectivity index (χ3n) is 4.16. The second kappa shape index (κ2) is 8.29. The third kappa shape index (κ3) is 5.25. The van der Waals surface area contributed by atoms with Gasteiger partial charge in [0.05, 0.1) is 24.8 Å². The van der Waals surface area contributed by atoms with Crippen LogP contribution in [0, 0.1) is 5.82 Å². The van der Waals surface area contributed by atoms with E-state index >= 15 is 0 Å². The second-order valence-electron chi connectivity index (χ2n) is 5.77. The van der Waals surface area contributed by atoms with Crippen LogP contribution in [0.1, 0.15) is 32.6 Å². The number of benzene rings is 1. The number of thiocarbonyl (C=S) groups is 1. The molecule has 0 amide bonds. The molecule has 3 nitrogen and oxygen atoms in total. The molecule has 1 unspecified atom stereocenters. The van der Waals surface area contributed by atoms with Crippen molar-refractivity contribution in [2.24, 2.45) is 0 Å². The summed E-state index contributed by atoms with van der Waals surface area (Å²) in [5.74, 6) is -0.284. The Morgan fingerprint density at radius 3 is 2.95 bits per heavy atom. The molecule has 21 heavy (non-hydrogen) atoms. The molecular formula is C16H25FN3S+. The summed E-state index contributed by atoms with van der Waals surface area (Å²) < 4.78 is 13.5. The Morgan fingerprint density at radius 2 is 2.19 bits per heavy atom. The van der Waals surface area contributed by atoms with Gasteiger partial charge in [-0.2, -0.15) is 0 Å². The number of nitrogens with one attached hydrogen (secondary N) is 3. The van der Waals surface area contributed by atoms with E-state index in [0.29, 0.717) is 10.8 Å². The van der Waals surface area contributed by atoms with Gasteiger partial charge in [0.15, 0.2) is 5.11 Å². The van der Waals surface area contributed by atoms with Crippen LogP contribution in [0.25, 0.3) is 0 Å². The highest BCUT2D eigenvalue weighted by molar-refractivity contribution is 7.80. The minimum Gasteiger partial charge on any atom is -0.362 e. The zero-order valence-corrected chi connectivity index (χ0v) is 13.4. The number of hydrogen-bond acceptors (Lipinski definition) is 1. The average Bonchev–Trinajstić information content (AvgIpc) is 2.48. The molecule has 2 rings (SSSR count). The first-order valence-electron chi connectivity index (χ1n) is 7.81. The van der Waals surface area contributed by atoms with E-state index in [2.05, 4.69) is 17.6 Å². The predicted molar refractivity (Wildman–Crippen MR) is 89.3 cm³/mol. The zero-order chi connectivity index (χ0) is 15.1. The van der Waals surface area contributed by atoms with E-state index in [9.17, 15) is 4.39 Å². The molecule has 116 valence electrons. The minimum atomic E-state index is -0.284. The topological polar surface area (TPSA) is 28.5 Å². The van der Waals surface area contributed by atoms with Gasteiger partial charge in [-0.1, -0.05) is 12.1 Å². The van der Waals surface area contributed by atoms with Crippen molar-refractivity contribution in [3.8, 4) is 0 Å². The highest BCUT2D eigenvalue weighted by Gasteiger charge is 2.20. The fourth-order valence-corrected chi connectivity index (χ4v) is 3.08. The van der Waals surface area contributed by atoms with Gasteiger partial charge in [0.2, 0.25) is 0 Å². The molecule has 5 heteroatoms. The summed E-state index contributed by atoms with van der Waals surface area (Å²) >= 11 is 5.19. The van der Waals surface area contributed by atoms with Crippen molar-refractivity contribution in [1.82, 2.24) is 5.32 Å². The lowest BCUT2D eigenvalue weighted by atomic mass is 10.0. The molecule has 1 aliphatic rings. The lowest BCUT2D eigenvalue weighted by molar-refractivity contribution is -0.928. The maximum absolute atomic E-state index is 13.5. The Bertz CT molecular complexity index is 467. The van der Waals surface area contributed by atoms with Crippen LogP contribution in [0.5, 0.6) is 0 Å². The molecule has 0 aromatic heterocycles. The largest absolute Gasteiger partial charge is 0.362 e. The fraction of sp³-hybridized carbons (Fsp3) is 0.562. The predicted octanol–water partition coefficient (Wildman–Crippen LogP) is 1.96. The number of anilines is 1. The van der Waals surface area contributed by atoms with Crippen LogP contribution in [-0.4, -0.2) is 30.8 Å². The van der Waals surface area contributed by atoms with Crippen LogP contribution in [0.15, 0.2) is 24.3 Å². The smallest absolute Gasteiger partial charge is 0.170 e. The standard InChI is InChI=1S/C16H24FN3S/c1-13-7-4-5-11-20(13)12-6-10-18-16(21)19-15-9-3-2-8-14(15)17/h2-3,8-9,13H,4-7,10-12H2,1H3,(H2,18,19,21)/p+1/t13-/m0/s1. The lowest BCUT2D eigenvalue weighted by Crippen LogP contribution is -3.16. The van der Waals surface area contributed by atoms with Gasteiger partial charge in [0, 0.05) is 13.0 Å². The van der Waals surface area contributed by atoms with E-state index in [1.165, 1.54) is 38.4 Å². The fourth-order valence-electron chi connectivity index (χ4n) is 2.87. The van der Waals surface area contributed by atoms with Gasteiger partial charge in [-0.25, -0.2) is 4.39 Å². The van der Waals surface area contributed by atoms with E-state index < -0.39 is 0 Å². The van der Waals surface area contributed by atoms with Gasteiger partial charge in [-0.3, -0.25) is 0 Å². The van der Waals surface area contributed by atoms with Crippen molar-refractivity contribution >= 4 is 23.0 Å². The molecule has 1 aromatic rings. The Morgan fingerprint density at radius 1 is 1.38 bits per heavy atom. The molecular weight excluding hydrogens is 285 g/mol. The number of quaternary nitrogens is 1. The summed E-state index contributed by atoms with van der Waals surface area (Å²) in [6, 6.07) is 7.34. The number of likely N-dealkylation sites (tertiary alicyclic amines) is 1. The maximum atomic E-state index is 13.5. The van der Waals surface area contributed by atoms with E-state index in [1.54, 1.807) is 23.1 Å². The Hall–Kier alpha value is -1.20. The van der Waals surface area contributed by atoms with Crippen LogP contribution in [0.4, 0.5) is 10.1 Å². The van der Waals surface area contributed by atoms with Crippen LogP contribution in [0.2, 0.25) is 0 Å². The average molecular weight is 310 g/mol. The number of piperidine rings is 1. The van der Waals surface area contributed by atoms with Crippen molar-refractivity contribution in [2.45, 2.75) is 38.6 Å². The zero-order valence-electron chi connectivity index (χ0n) is 12.6. The molecule has 0 aliphatic carbocycles. The quantitative estimate of drug-likeness (QED) is 0.573. The summed E-state index contributed by atoms with van der Waals surface area (Å²) in [5, 5.41) is 6.54. The Balaban J connectivity index is 1.64. The van der Waals surface area contributed by atoms with E-state index in [-0.39, 0.29) is 5.82 Å². The summed E-state index contributed by atoms with van der Waals surface area (Å²) in [6.07, 6.45) is 5.15. The maximum Gasteiger partial charge on any atom is 0.170 e. The van der Waals surface area contributed by atoms with Gasteiger partial charge in [0.1, 0.15) is 5.82 Å².